The number of anilines is 1. The average Bonchev–Trinajstić information content (AvgIpc) is 2.86. The van der Waals surface area contributed by atoms with Crippen LogP contribution in [-0.4, -0.2) is 72.4 Å². The maximum atomic E-state index is 13.0. The van der Waals surface area contributed by atoms with Crippen LogP contribution in [0.5, 0.6) is 5.75 Å². The van der Waals surface area contributed by atoms with Crippen molar-refractivity contribution in [2.45, 2.75) is 29.7 Å². The Bertz CT molecular complexity index is 1370. The van der Waals surface area contributed by atoms with Crippen LogP contribution >= 0.6 is 0 Å². The summed E-state index contributed by atoms with van der Waals surface area (Å²) in [6.07, 6.45) is 0. The summed E-state index contributed by atoms with van der Waals surface area (Å²) in [6.45, 7) is 4.44. The van der Waals surface area contributed by atoms with Crippen LogP contribution < -0.4 is 20.5 Å². The Morgan fingerprint density at radius 1 is 1.05 bits per heavy atom. The first-order valence-electron chi connectivity index (χ1n) is 11.3. The molecule has 1 unspecified atom stereocenters. The van der Waals surface area contributed by atoms with Crippen molar-refractivity contribution in [3.63, 3.8) is 0 Å². The van der Waals surface area contributed by atoms with Crippen molar-refractivity contribution in [1.29, 1.82) is 0 Å². The number of carbonyl (C=O) groups is 2. The Hall–Kier alpha value is -3.04. The molecule has 14 heteroatoms. The van der Waals surface area contributed by atoms with Gasteiger partial charge in [-0.25, -0.2) is 22.0 Å². The third kappa shape index (κ3) is 6.84. The van der Waals surface area contributed by atoms with Crippen molar-refractivity contribution in [3.8, 4) is 5.75 Å². The Balaban J connectivity index is 1.79. The number of sulfonamides is 2. The van der Waals surface area contributed by atoms with E-state index >= 15 is 0 Å². The van der Waals surface area contributed by atoms with Gasteiger partial charge in [0.25, 0.3) is 5.91 Å². The lowest BCUT2D eigenvalue weighted by molar-refractivity contribution is -0.118. The topological polar surface area (TPSA) is 174 Å². The molecule has 0 aromatic heterocycles. The van der Waals surface area contributed by atoms with E-state index in [2.05, 4.69) is 10.6 Å². The fourth-order valence-corrected chi connectivity index (χ4v) is 5.87. The Morgan fingerprint density at radius 2 is 1.73 bits per heavy atom. The van der Waals surface area contributed by atoms with Crippen LogP contribution in [0.25, 0.3) is 0 Å². The van der Waals surface area contributed by atoms with Crippen molar-refractivity contribution in [2.24, 2.45) is 11.1 Å². The van der Waals surface area contributed by atoms with Gasteiger partial charge in [-0.05, 0) is 42.3 Å². The molecule has 12 nitrogen and oxygen atoms in total. The lowest BCUT2D eigenvalue weighted by atomic mass is 10.0. The van der Waals surface area contributed by atoms with Gasteiger partial charge in [0.05, 0.1) is 25.2 Å². The maximum Gasteiger partial charge on any atom is 0.251 e. The molecule has 37 heavy (non-hydrogen) atoms. The van der Waals surface area contributed by atoms with E-state index in [1.165, 1.54) is 47.8 Å². The van der Waals surface area contributed by atoms with Crippen LogP contribution in [0.2, 0.25) is 0 Å². The van der Waals surface area contributed by atoms with E-state index in [0.29, 0.717) is 0 Å². The molecule has 0 bridgehead atoms. The minimum Gasteiger partial charge on any atom is -0.495 e. The van der Waals surface area contributed by atoms with E-state index in [9.17, 15) is 26.4 Å². The Morgan fingerprint density at radius 3 is 2.32 bits per heavy atom. The van der Waals surface area contributed by atoms with Crippen LogP contribution in [0.1, 0.15) is 24.2 Å². The van der Waals surface area contributed by atoms with Gasteiger partial charge in [-0.2, -0.15) is 4.31 Å². The molecule has 1 heterocycles. The highest BCUT2D eigenvalue weighted by molar-refractivity contribution is 7.89. The minimum atomic E-state index is -4.13. The number of nitrogens with two attached hydrogens (primary N) is 1. The molecule has 2 aromatic rings. The van der Waals surface area contributed by atoms with Gasteiger partial charge in [0, 0.05) is 24.3 Å². The van der Waals surface area contributed by atoms with Gasteiger partial charge >= 0.3 is 0 Å². The van der Waals surface area contributed by atoms with Gasteiger partial charge in [-0.15, -0.1) is 0 Å². The quantitative estimate of drug-likeness (QED) is 0.407. The van der Waals surface area contributed by atoms with E-state index in [1.54, 1.807) is 13.8 Å². The molecule has 202 valence electrons. The Labute approximate surface area is 216 Å². The van der Waals surface area contributed by atoms with E-state index in [4.69, 9.17) is 14.6 Å². The van der Waals surface area contributed by atoms with E-state index in [0.717, 1.165) is 6.07 Å². The summed E-state index contributed by atoms with van der Waals surface area (Å²) in [7, 11) is -6.66. The molecule has 0 saturated carbocycles. The van der Waals surface area contributed by atoms with Gasteiger partial charge in [0.1, 0.15) is 16.7 Å². The van der Waals surface area contributed by atoms with Gasteiger partial charge in [-0.3, -0.25) is 9.59 Å². The van der Waals surface area contributed by atoms with Crippen LogP contribution in [-0.2, 0) is 29.6 Å². The zero-order valence-electron chi connectivity index (χ0n) is 20.6. The first kappa shape index (κ1) is 28.5. The number of primary sulfonamides is 1. The number of benzene rings is 2. The number of hydrogen-bond acceptors (Lipinski definition) is 8. The summed E-state index contributed by atoms with van der Waals surface area (Å²) in [5, 5.41) is 10.4. The molecule has 2 aromatic carbocycles. The zero-order chi connectivity index (χ0) is 27.4. The number of morpholine rings is 1. The number of ether oxygens (including phenoxy) is 2. The normalized spacial score (nSPS) is 15.7. The molecule has 1 aliphatic rings. The molecule has 4 N–H and O–H groups in total. The number of nitrogens with zero attached hydrogens (tertiary/aromatic N) is 1. The summed E-state index contributed by atoms with van der Waals surface area (Å²) < 4.78 is 61.2. The van der Waals surface area contributed by atoms with Crippen molar-refractivity contribution in [1.82, 2.24) is 9.62 Å². The van der Waals surface area contributed by atoms with E-state index in [-0.39, 0.29) is 59.0 Å². The largest absolute Gasteiger partial charge is 0.495 e. The summed E-state index contributed by atoms with van der Waals surface area (Å²) in [6, 6.07) is 8.49. The van der Waals surface area contributed by atoms with Gasteiger partial charge in [-0.1, -0.05) is 19.9 Å². The first-order valence-corrected chi connectivity index (χ1v) is 14.3. The van der Waals surface area contributed by atoms with Gasteiger partial charge in [0.2, 0.25) is 26.0 Å². The Kier molecular flexibility index (Phi) is 8.92. The fraction of sp³-hybridized carbons (Fsp3) is 0.391. The second-order valence-electron chi connectivity index (χ2n) is 8.64. The van der Waals surface area contributed by atoms with Crippen molar-refractivity contribution in [3.05, 3.63) is 48.0 Å². The van der Waals surface area contributed by atoms with Gasteiger partial charge < -0.3 is 20.1 Å². The molecule has 0 aliphatic carbocycles. The van der Waals surface area contributed by atoms with Crippen molar-refractivity contribution in [2.75, 3.05) is 38.7 Å². The number of hydrogen-bond donors (Lipinski definition) is 3. The minimum absolute atomic E-state index is 0.0149. The number of amides is 2. The molecule has 3 rings (SSSR count). The van der Waals surface area contributed by atoms with Crippen LogP contribution in [0.3, 0.4) is 0 Å². The number of carbonyl (C=O) groups excluding carboxylic acids is 2. The number of nitrogens with one attached hydrogen (secondary N) is 2. The molecular formula is C23H30N4O8S2. The van der Waals surface area contributed by atoms with Crippen LogP contribution in [0.4, 0.5) is 5.69 Å². The van der Waals surface area contributed by atoms with Crippen LogP contribution in [0, 0.1) is 5.92 Å². The third-order valence-electron chi connectivity index (χ3n) is 5.68. The highest BCUT2D eigenvalue weighted by atomic mass is 32.2. The molecule has 2 amide bonds. The second-order valence-corrected chi connectivity index (χ2v) is 12.1. The number of methoxy groups -OCH3 is 1. The van der Waals surface area contributed by atoms with Crippen LogP contribution in [0.15, 0.2) is 52.3 Å². The molecule has 1 aliphatic heterocycles. The van der Waals surface area contributed by atoms with Crippen molar-refractivity contribution < 1.29 is 35.9 Å². The summed E-state index contributed by atoms with van der Waals surface area (Å²) in [5.74, 6) is -1.60. The van der Waals surface area contributed by atoms with E-state index < -0.39 is 37.9 Å². The summed E-state index contributed by atoms with van der Waals surface area (Å²) in [5.41, 5.74) is 0.196. The third-order valence-corrected chi connectivity index (χ3v) is 8.50. The lowest BCUT2D eigenvalue weighted by Gasteiger charge is -2.26. The first-order chi connectivity index (χ1) is 17.3. The predicted molar refractivity (Wildman–Crippen MR) is 135 cm³/mol. The summed E-state index contributed by atoms with van der Waals surface area (Å²) >= 11 is 0. The molecule has 0 spiro atoms. The lowest BCUT2D eigenvalue weighted by Crippen LogP contribution is -2.47. The molecular weight excluding hydrogens is 524 g/mol. The van der Waals surface area contributed by atoms with Gasteiger partial charge in [0.15, 0.2) is 0 Å². The molecule has 1 atom stereocenters. The molecule has 0 radical (unpaired) electrons. The highest BCUT2D eigenvalue weighted by Crippen LogP contribution is 2.26. The molecule has 1 saturated heterocycles. The maximum absolute atomic E-state index is 13.0. The fourth-order valence-electron chi connectivity index (χ4n) is 3.69. The SMILES string of the molecule is COc1ccc(NC(=O)C(NC(=O)c2cccc(S(=O)(=O)N3CCOCC3)c2)C(C)C)cc1S(N)(=O)=O. The highest BCUT2D eigenvalue weighted by Gasteiger charge is 2.29. The predicted octanol–water partition coefficient (Wildman–Crippen LogP) is 0.757. The monoisotopic (exact) mass is 554 g/mol. The molecule has 1 fully saturated rings. The van der Waals surface area contributed by atoms with Crippen molar-refractivity contribution >= 4 is 37.5 Å². The standard InChI is InChI=1S/C23H30N4O8S2/c1-15(2)21(23(29)25-17-7-8-19(34-3)20(14-17)36(24,30)31)26-22(28)16-5-4-6-18(13-16)37(32,33)27-9-11-35-12-10-27/h4-8,13-15,21H,9-12H2,1-3H3,(H,25,29)(H,26,28)(H2,24,30,31). The van der Waals surface area contributed by atoms with E-state index in [1.807, 2.05) is 0 Å². The number of rotatable bonds is 9. The second kappa shape index (κ2) is 11.6. The summed E-state index contributed by atoms with van der Waals surface area (Å²) in [4.78, 5) is 25.7. The zero-order valence-corrected chi connectivity index (χ0v) is 22.3. The average molecular weight is 555 g/mol. The smallest absolute Gasteiger partial charge is 0.251 e.